The van der Waals surface area contributed by atoms with Crippen LogP contribution in [-0.4, -0.2) is 27.8 Å². The van der Waals surface area contributed by atoms with E-state index in [4.69, 9.17) is 9.47 Å². The van der Waals surface area contributed by atoms with Crippen LogP contribution < -0.4 is 9.47 Å². The minimum absolute atomic E-state index is 0.161. The second kappa shape index (κ2) is 4.24. The van der Waals surface area contributed by atoms with Gasteiger partial charge in [0.05, 0.1) is 22.9 Å². The lowest BCUT2D eigenvalue weighted by atomic mass is 10.00. The Hall–Kier alpha value is -3.02. The van der Waals surface area contributed by atoms with Gasteiger partial charge in [0.2, 0.25) is 6.79 Å². The number of fused-ring (bicyclic) bond motifs is 2. The van der Waals surface area contributed by atoms with Gasteiger partial charge in [-0.05, 0) is 18.2 Å². The number of nitrogens with zero attached hydrogens (tertiary/aromatic N) is 1. The molecule has 1 aliphatic rings. The van der Waals surface area contributed by atoms with Crippen molar-refractivity contribution in [2.24, 2.45) is 0 Å². The predicted molar refractivity (Wildman–Crippen MR) is 74.6 cm³/mol. The summed E-state index contributed by atoms with van der Waals surface area (Å²) in [6.45, 7) is 0.161. The summed E-state index contributed by atoms with van der Waals surface area (Å²) in [4.78, 5) is 18.5. The van der Waals surface area contributed by atoms with E-state index in [0.717, 1.165) is 5.56 Å². The number of para-hydroxylation sites is 1. The normalized spacial score (nSPS) is 12.8. The second-order valence-corrected chi connectivity index (χ2v) is 4.67. The zero-order valence-electron chi connectivity index (χ0n) is 10.8. The molecule has 21 heavy (non-hydrogen) atoms. The molecule has 1 aromatic heterocycles. The smallest absolute Gasteiger partial charge is 0.335 e. The average molecular weight is 282 g/mol. The van der Waals surface area contributed by atoms with Crippen LogP contribution in [0.15, 0.2) is 36.7 Å². The van der Waals surface area contributed by atoms with Crippen LogP contribution in [0, 0.1) is 0 Å². The van der Waals surface area contributed by atoms with Gasteiger partial charge in [0.15, 0.2) is 11.5 Å². The number of carboxylic acids is 1. The maximum Gasteiger partial charge on any atom is 0.335 e. The van der Waals surface area contributed by atoms with Gasteiger partial charge in [-0.25, -0.2) is 9.78 Å². The predicted octanol–water partition coefficient (Wildman–Crippen LogP) is 2.66. The van der Waals surface area contributed by atoms with Crippen LogP contribution in [0.1, 0.15) is 10.4 Å². The zero-order valence-corrected chi connectivity index (χ0v) is 10.8. The van der Waals surface area contributed by atoms with E-state index in [1.165, 1.54) is 0 Å². The maximum absolute atomic E-state index is 11.3. The topological polar surface area (TPSA) is 84.4 Å². The summed E-state index contributed by atoms with van der Waals surface area (Å²) in [7, 11) is 0. The standard InChI is InChI=1S/C15H10N2O4/c18-15(19)8-4-10(13-11(5-8)16-6-17-13)9-2-1-3-12-14(9)21-7-20-12/h1-6H,7H2,(H,16,17)(H,18,19). The fourth-order valence-electron chi connectivity index (χ4n) is 2.52. The first-order chi connectivity index (χ1) is 10.2. The van der Waals surface area contributed by atoms with Gasteiger partial charge in [-0.1, -0.05) is 12.1 Å². The summed E-state index contributed by atoms with van der Waals surface area (Å²) in [5, 5.41) is 9.26. The van der Waals surface area contributed by atoms with Crippen molar-refractivity contribution in [1.29, 1.82) is 0 Å². The first-order valence-electron chi connectivity index (χ1n) is 6.33. The highest BCUT2D eigenvalue weighted by Crippen LogP contribution is 2.43. The number of hydrogen-bond donors (Lipinski definition) is 2. The van der Waals surface area contributed by atoms with Crippen molar-refractivity contribution in [3.63, 3.8) is 0 Å². The molecule has 104 valence electrons. The van der Waals surface area contributed by atoms with Gasteiger partial charge >= 0.3 is 5.97 Å². The van der Waals surface area contributed by atoms with Crippen molar-refractivity contribution in [1.82, 2.24) is 9.97 Å². The minimum Gasteiger partial charge on any atom is -0.478 e. The number of H-pyrrole nitrogens is 1. The molecular weight excluding hydrogens is 272 g/mol. The molecule has 2 aromatic carbocycles. The van der Waals surface area contributed by atoms with E-state index < -0.39 is 5.97 Å². The van der Waals surface area contributed by atoms with E-state index in [1.54, 1.807) is 18.5 Å². The molecule has 6 nitrogen and oxygen atoms in total. The van der Waals surface area contributed by atoms with Gasteiger partial charge in [-0.15, -0.1) is 0 Å². The third-order valence-electron chi connectivity index (χ3n) is 3.46. The summed E-state index contributed by atoms with van der Waals surface area (Å²) in [6, 6.07) is 8.68. The highest BCUT2D eigenvalue weighted by molar-refractivity contribution is 6.00. The molecular formula is C15H10N2O4. The van der Waals surface area contributed by atoms with Crippen molar-refractivity contribution < 1.29 is 19.4 Å². The number of aromatic carboxylic acids is 1. The van der Waals surface area contributed by atoms with Gasteiger partial charge in [0.25, 0.3) is 0 Å². The number of hydrogen-bond acceptors (Lipinski definition) is 4. The second-order valence-electron chi connectivity index (χ2n) is 4.67. The SMILES string of the molecule is O=C(O)c1cc(-c2cccc3c2OCO3)c2nc[nH]c2c1. The molecule has 0 amide bonds. The third-order valence-corrected chi connectivity index (χ3v) is 3.46. The first-order valence-corrected chi connectivity index (χ1v) is 6.33. The molecule has 0 unspecified atom stereocenters. The number of aromatic nitrogens is 2. The Morgan fingerprint density at radius 2 is 2.14 bits per heavy atom. The monoisotopic (exact) mass is 282 g/mol. The van der Waals surface area contributed by atoms with E-state index in [0.29, 0.717) is 28.1 Å². The molecule has 0 saturated heterocycles. The zero-order chi connectivity index (χ0) is 14.4. The van der Waals surface area contributed by atoms with E-state index >= 15 is 0 Å². The van der Waals surface area contributed by atoms with Crippen LogP contribution in [0.3, 0.4) is 0 Å². The number of aromatic amines is 1. The fraction of sp³-hybridized carbons (Fsp3) is 0.0667. The highest BCUT2D eigenvalue weighted by Gasteiger charge is 2.21. The van der Waals surface area contributed by atoms with E-state index in [-0.39, 0.29) is 12.4 Å². The molecule has 0 bridgehead atoms. The Balaban J connectivity index is 2.04. The van der Waals surface area contributed by atoms with E-state index in [2.05, 4.69) is 9.97 Å². The van der Waals surface area contributed by atoms with Gasteiger partial charge in [-0.2, -0.15) is 0 Å². The van der Waals surface area contributed by atoms with Gasteiger partial charge in [0.1, 0.15) is 0 Å². The van der Waals surface area contributed by atoms with E-state index in [9.17, 15) is 9.90 Å². The van der Waals surface area contributed by atoms with Crippen molar-refractivity contribution in [3.8, 4) is 22.6 Å². The molecule has 3 aromatic rings. The average Bonchev–Trinajstić information content (AvgIpc) is 3.14. The van der Waals surface area contributed by atoms with Crippen molar-refractivity contribution >= 4 is 17.0 Å². The Bertz CT molecular complexity index is 869. The van der Waals surface area contributed by atoms with Crippen molar-refractivity contribution in [3.05, 3.63) is 42.2 Å². The Morgan fingerprint density at radius 1 is 1.24 bits per heavy atom. The van der Waals surface area contributed by atoms with E-state index in [1.807, 2.05) is 18.2 Å². The number of carbonyl (C=O) groups is 1. The number of carboxylic acid groups (broad SMARTS) is 1. The lowest BCUT2D eigenvalue weighted by molar-refractivity contribution is 0.0697. The molecule has 2 N–H and O–H groups in total. The number of benzene rings is 2. The number of rotatable bonds is 2. The summed E-state index contributed by atoms with van der Waals surface area (Å²) < 4.78 is 10.9. The lowest BCUT2D eigenvalue weighted by Gasteiger charge is -2.08. The molecule has 0 atom stereocenters. The molecule has 6 heteroatoms. The Morgan fingerprint density at radius 3 is 3.00 bits per heavy atom. The van der Waals surface area contributed by atoms with Crippen LogP contribution in [0.4, 0.5) is 0 Å². The summed E-state index contributed by atoms with van der Waals surface area (Å²) in [5.41, 5.74) is 3.03. The maximum atomic E-state index is 11.3. The Kier molecular flexibility index (Phi) is 2.38. The van der Waals surface area contributed by atoms with Crippen molar-refractivity contribution in [2.75, 3.05) is 6.79 Å². The van der Waals surface area contributed by atoms with Crippen molar-refractivity contribution in [2.45, 2.75) is 0 Å². The molecule has 4 rings (SSSR count). The molecule has 0 saturated carbocycles. The molecule has 0 radical (unpaired) electrons. The van der Waals surface area contributed by atoms with Gasteiger partial charge in [0, 0.05) is 11.1 Å². The van der Waals surface area contributed by atoms with Crippen LogP contribution in [0.5, 0.6) is 11.5 Å². The summed E-state index contributed by atoms with van der Waals surface area (Å²) in [6.07, 6.45) is 1.54. The number of nitrogens with one attached hydrogen (secondary N) is 1. The Labute approximate surface area is 119 Å². The molecule has 0 fully saturated rings. The quantitative estimate of drug-likeness (QED) is 0.754. The lowest BCUT2D eigenvalue weighted by Crippen LogP contribution is -1.98. The number of imidazole rings is 1. The largest absolute Gasteiger partial charge is 0.478 e. The van der Waals surface area contributed by atoms with Gasteiger partial charge < -0.3 is 19.6 Å². The molecule has 1 aliphatic heterocycles. The first kappa shape index (κ1) is 11.8. The van der Waals surface area contributed by atoms with Crippen LogP contribution in [0.2, 0.25) is 0 Å². The van der Waals surface area contributed by atoms with Crippen LogP contribution >= 0.6 is 0 Å². The third kappa shape index (κ3) is 1.73. The van der Waals surface area contributed by atoms with Crippen LogP contribution in [-0.2, 0) is 0 Å². The summed E-state index contributed by atoms with van der Waals surface area (Å²) in [5.74, 6) is 0.277. The molecule has 2 heterocycles. The molecule has 0 aliphatic carbocycles. The summed E-state index contributed by atoms with van der Waals surface area (Å²) >= 11 is 0. The van der Waals surface area contributed by atoms with Gasteiger partial charge in [-0.3, -0.25) is 0 Å². The van der Waals surface area contributed by atoms with Crippen LogP contribution in [0.25, 0.3) is 22.2 Å². The number of ether oxygens (including phenoxy) is 2. The fourth-order valence-corrected chi connectivity index (χ4v) is 2.52. The highest BCUT2D eigenvalue weighted by atomic mass is 16.7. The molecule has 0 spiro atoms. The minimum atomic E-state index is -0.988.